The number of pyridine rings is 1. The van der Waals surface area contributed by atoms with E-state index in [4.69, 9.17) is 4.74 Å². The number of anilines is 1. The van der Waals surface area contributed by atoms with Gasteiger partial charge in [0.25, 0.3) is 0 Å². The van der Waals surface area contributed by atoms with Gasteiger partial charge in [-0.2, -0.15) is 18.3 Å². The number of carbonyl (C=O) groups is 2. The number of ether oxygens (including phenoxy) is 1. The summed E-state index contributed by atoms with van der Waals surface area (Å²) >= 11 is 0. The number of rotatable bonds is 6. The largest absolute Gasteiger partial charge is 0.471 e. The van der Waals surface area contributed by atoms with Gasteiger partial charge >= 0.3 is 18.2 Å². The van der Waals surface area contributed by atoms with E-state index in [1.165, 1.54) is 36.7 Å². The molecule has 3 rings (SSSR count). The molecule has 0 bridgehead atoms. The Kier molecular flexibility index (Phi) is 7.18. The molecule has 1 atom stereocenters. The van der Waals surface area contributed by atoms with Crippen LogP contribution in [0.1, 0.15) is 32.6 Å². The lowest BCUT2D eigenvalue weighted by molar-refractivity contribution is -0.171. The first-order valence-electron chi connectivity index (χ1n) is 10.2. The second-order valence-electron chi connectivity index (χ2n) is 8.19. The third kappa shape index (κ3) is 6.30. The Morgan fingerprint density at radius 1 is 1.09 bits per heavy atom. The number of para-hydroxylation sites is 1. The summed E-state index contributed by atoms with van der Waals surface area (Å²) in [4.78, 5) is 33.5. The molecule has 0 aliphatic rings. The molecule has 2 amide bonds. The minimum atomic E-state index is -5.19. The molecular formula is C22H23F3N6O3. The van der Waals surface area contributed by atoms with E-state index in [0.29, 0.717) is 10.5 Å². The standard InChI is InChI=1S/C22H23F3N6O3/c1-21(2,3)34-20(33)27-13-16(18-28-17(29-30-18)14-9-11-26-12-10-14)31(19(32)22(23,24)25)15-7-5-4-6-8-15/h4-12,16H,13H2,1-3H3,(H,27,33)(H,28,29,30). The Hall–Kier alpha value is -3.96. The van der Waals surface area contributed by atoms with Crippen LogP contribution in [0.25, 0.3) is 11.4 Å². The van der Waals surface area contributed by atoms with E-state index in [2.05, 4.69) is 25.5 Å². The van der Waals surface area contributed by atoms with Crippen molar-refractivity contribution in [3.63, 3.8) is 0 Å². The van der Waals surface area contributed by atoms with E-state index in [1.54, 1.807) is 39.0 Å². The van der Waals surface area contributed by atoms with Gasteiger partial charge in [-0.1, -0.05) is 18.2 Å². The van der Waals surface area contributed by atoms with E-state index in [-0.39, 0.29) is 17.3 Å². The minimum Gasteiger partial charge on any atom is -0.444 e. The Labute approximate surface area is 193 Å². The fraction of sp³-hybridized carbons (Fsp3) is 0.318. The smallest absolute Gasteiger partial charge is 0.444 e. The first kappa shape index (κ1) is 24.7. The van der Waals surface area contributed by atoms with Crippen molar-refractivity contribution in [2.75, 3.05) is 11.4 Å². The second-order valence-corrected chi connectivity index (χ2v) is 8.19. The van der Waals surface area contributed by atoms with Crippen molar-refractivity contribution in [3.05, 3.63) is 60.7 Å². The molecule has 1 unspecified atom stereocenters. The molecule has 3 aromatic rings. The lowest BCUT2D eigenvalue weighted by atomic mass is 10.1. The fourth-order valence-electron chi connectivity index (χ4n) is 3.02. The van der Waals surface area contributed by atoms with E-state index < -0.39 is 36.4 Å². The van der Waals surface area contributed by atoms with Gasteiger partial charge in [0.2, 0.25) is 0 Å². The number of amides is 2. The van der Waals surface area contributed by atoms with Crippen molar-refractivity contribution >= 4 is 17.7 Å². The molecule has 2 aromatic heterocycles. The highest BCUT2D eigenvalue weighted by molar-refractivity contribution is 5.98. The maximum atomic E-state index is 13.6. The summed E-state index contributed by atoms with van der Waals surface area (Å²) in [6.07, 6.45) is -3.03. The lowest BCUT2D eigenvalue weighted by Gasteiger charge is -2.31. The highest BCUT2D eigenvalue weighted by atomic mass is 19.4. The number of hydrogen-bond donors (Lipinski definition) is 2. The topological polar surface area (TPSA) is 113 Å². The minimum absolute atomic E-state index is 0.0392. The summed E-state index contributed by atoms with van der Waals surface area (Å²) in [7, 11) is 0. The van der Waals surface area contributed by atoms with Gasteiger partial charge in [0.05, 0.1) is 0 Å². The number of aromatic nitrogens is 4. The van der Waals surface area contributed by atoms with Gasteiger partial charge < -0.3 is 10.1 Å². The van der Waals surface area contributed by atoms with Crippen molar-refractivity contribution in [2.24, 2.45) is 0 Å². The number of nitrogens with zero attached hydrogens (tertiary/aromatic N) is 4. The predicted molar refractivity (Wildman–Crippen MR) is 117 cm³/mol. The predicted octanol–water partition coefficient (Wildman–Crippen LogP) is 4.03. The number of alkyl carbamates (subject to hydrolysis) is 1. The van der Waals surface area contributed by atoms with Gasteiger partial charge in [-0.25, -0.2) is 9.78 Å². The number of alkyl halides is 3. The third-order valence-corrected chi connectivity index (χ3v) is 4.40. The van der Waals surface area contributed by atoms with Crippen LogP contribution in [-0.2, 0) is 9.53 Å². The van der Waals surface area contributed by atoms with Crippen LogP contribution in [0, 0.1) is 0 Å². The number of carbonyl (C=O) groups excluding carboxylic acids is 2. The van der Waals surface area contributed by atoms with Crippen LogP contribution < -0.4 is 10.2 Å². The van der Waals surface area contributed by atoms with E-state index >= 15 is 0 Å². The summed E-state index contributed by atoms with van der Waals surface area (Å²) in [5.74, 6) is -2.01. The van der Waals surface area contributed by atoms with Gasteiger partial charge in [-0.15, -0.1) is 0 Å². The molecular weight excluding hydrogens is 453 g/mol. The molecule has 34 heavy (non-hydrogen) atoms. The van der Waals surface area contributed by atoms with Crippen LogP contribution in [0.15, 0.2) is 54.9 Å². The molecule has 9 nitrogen and oxygen atoms in total. The normalized spacial score (nSPS) is 12.6. The number of benzene rings is 1. The Morgan fingerprint density at radius 3 is 2.32 bits per heavy atom. The number of nitrogens with one attached hydrogen (secondary N) is 2. The summed E-state index contributed by atoms with van der Waals surface area (Å²) in [6.45, 7) is 4.50. The van der Waals surface area contributed by atoms with Crippen LogP contribution in [0.4, 0.5) is 23.7 Å². The van der Waals surface area contributed by atoms with Crippen LogP contribution in [0.5, 0.6) is 0 Å². The lowest BCUT2D eigenvalue weighted by Crippen LogP contribution is -2.48. The molecule has 0 saturated carbocycles. The monoisotopic (exact) mass is 476 g/mol. The molecule has 12 heteroatoms. The third-order valence-electron chi connectivity index (χ3n) is 4.40. The fourth-order valence-corrected chi connectivity index (χ4v) is 3.02. The Balaban J connectivity index is 2.02. The summed E-state index contributed by atoms with van der Waals surface area (Å²) in [5, 5.41) is 9.09. The van der Waals surface area contributed by atoms with Gasteiger partial charge in [-0.05, 0) is 45.0 Å². The van der Waals surface area contributed by atoms with Crippen LogP contribution >= 0.6 is 0 Å². The first-order valence-corrected chi connectivity index (χ1v) is 10.2. The molecule has 0 radical (unpaired) electrons. The molecule has 2 heterocycles. The van der Waals surface area contributed by atoms with E-state index in [1.807, 2.05) is 0 Å². The molecule has 0 spiro atoms. The average molecular weight is 476 g/mol. The molecule has 180 valence electrons. The number of halogens is 3. The van der Waals surface area contributed by atoms with Crippen molar-refractivity contribution < 1.29 is 27.5 Å². The van der Waals surface area contributed by atoms with Crippen molar-refractivity contribution in [1.29, 1.82) is 0 Å². The van der Waals surface area contributed by atoms with E-state index in [0.717, 1.165) is 0 Å². The molecule has 0 aliphatic carbocycles. The van der Waals surface area contributed by atoms with Gasteiger partial charge in [0.1, 0.15) is 17.5 Å². The first-order chi connectivity index (χ1) is 16.0. The number of H-pyrrole nitrogens is 1. The van der Waals surface area contributed by atoms with Crippen molar-refractivity contribution in [2.45, 2.75) is 38.6 Å². The Bertz CT molecular complexity index is 1110. The number of aromatic amines is 1. The quantitative estimate of drug-likeness (QED) is 0.556. The van der Waals surface area contributed by atoms with Crippen molar-refractivity contribution in [3.8, 4) is 11.4 Å². The second kappa shape index (κ2) is 9.89. The summed E-state index contributed by atoms with van der Waals surface area (Å²) < 4.78 is 46.0. The zero-order valence-corrected chi connectivity index (χ0v) is 18.6. The number of hydrogen-bond acceptors (Lipinski definition) is 6. The Morgan fingerprint density at radius 2 is 1.74 bits per heavy atom. The molecule has 0 fully saturated rings. The van der Waals surface area contributed by atoms with Gasteiger partial charge in [0, 0.05) is 30.2 Å². The molecule has 0 saturated heterocycles. The van der Waals surface area contributed by atoms with Crippen LogP contribution in [0.2, 0.25) is 0 Å². The maximum absolute atomic E-state index is 13.6. The average Bonchev–Trinajstić information content (AvgIpc) is 3.25. The highest BCUT2D eigenvalue weighted by Gasteiger charge is 2.46. The van der Waals surface area contributed by atoms with Crippen molar-refractivity contribution in [1.82, 2.24) is 25.5 Å². The summed E-state index contributed by atoms with van der Waals surface area (Å²) in [6, 6.07) is 9.15. The maximum Gasteiger partial charge on any atom is 0.471 e. The molecule has 0 aliphatic heterocycles. The summed E-state index contributed by atoms with van der Waals surface area (Å²) in [5.41, 5.74) is -0.311. The highest BCUT2D eigenvalue weighted by Crippen LogP contribution is 2.31. The van der Waals surface area contributed by atoms with E-state index in [9.17, 15) is 22.8 Å². The zero-order valence-electron chi connectivity index (χ0n) is 18.6. The van der Waals surface area contributed by atoms with Crippen LogP contribution in [0.3, 0.4) is 0 Å². The zero-order chi connectivity index (χ0) is 24.9. The van der Waals surface area contributed by atoms with Gasteiger partial charge in [-0.3, -0.25) is 19.8 Å². The van der Waals surface area contributed by atoms with Crippen LogP contribution in [-0.4, -0.2) is 50.5 Å². The molecule has 1 aromatic carbocycles. The van der Waals surface area contributed by atoms with Gasteiger partial charge in [0.15, 0.2) is 5.82 Å². The SMILES string of the molecule is CC(C)(C)OC(=O)NCC(c1nc(-c2ccncc2)n[nH]1)N(C(=O)C(F)(F)F)c1ccccc1. The molecule has 2 N–H and O–H groups in total.